The Bertz CT molecular complexity index is 1290. The number of rotatable bonds is 7. The lowest BCUT2D eigenvalue weighted by Gasteiger charge is -2.27. The van der Waals surface area contributed by atoms with Crippen molar-refractivity contribution in [3.8, 4) is 5.75 Å². The molecule has 1 aliphatic heterocycles. The number of nitrogens with zero attached hydrogens (tertiary/aromatic N) is 2. The molecule has 0 aliphatic carbocycles. The van der Waals surface area contributed by atoms with Crippen LogP contribution in [-0.4, -0.2) is 37.9 Å². The fourth-order valence-electron chi connectivity index (χ4n) is 3.86. The van der Waals surface area contributed by atoms with Gasteiger partial charge in [0.1, 0.15) is 11.6 Å². The van der Waals surface area contributed by atoms with Gasteiger partial charge >= 0.3 is 6.36 Å². The first-order valence-corrected chi connectivity index (χ1v) is 12.8. The molecule has 0 amide bonds. The molecule has 1 aliphatic rings. The van der Waals surface area contributed by atoms with Crippen LogP contribution in [0.25, 0.3) is 0 Å². The summed E-state index contributed by atoms with van der Waals surface area (Å²) < 4.78 is 81.4. The Morgan fingerprint density at radius 1 is 0.865 bits per heavy atom. The normalized spacial score (nSPS) is 15.8. The van der Waals surface area contributed by atoms with Gasteiger partial charge in [0.05, 0.1) is 10.6 Å². The predicted molar refractivity (Wildman–Crippen MR) is 129 cm³/mol. The lowest BCUT2D eigenvalue weighted by atomic mass is 10.0. The highest BCUT2D eigenvalue weighted by molar-refractivity contribution is 7.89. The van der Waals surface area contributed by atoms with Gasteiger partial charge in [0, 0.05) is 25.9 Å². The van der Waals surface area contributed by atoms with Crippen LogP contribution < -0.4 is 4.74 Å². The van der Waals surface area contributed by atoms with Crippen LogP contribution in [0.5, 0.6) is 5.75 Å². The molecule has 1 unspecified atom stereocenters. The Balaban J connectivity index is 1.43. The third-order valence-electron chi connectivity index (χ3n) is 5.83. The monoisotopic (exact) mass is 536 g/mol. The number of halogens is 4. The molecule has 196 valence electrons. The molecule has 37 heavy (non-hydrogen) atoms. The Kier molecular flexibility index (Phi) is 7.84. The van der Waals surface area contributed by atoms with Crippen molar-refractivity contribution in [3.05, 3.63) is 95.3 Å². The zero-order valence-corrected chi connectivity index (χ0v) is 20.6. The Hall–Kier alpha value is -3.44. The van der Waals surface area contributed by atoms with Crippen molar-refractivity contribution in [1.29, 1.82) is 0 Å². The second-order valence-corrected chi connectivity index (χ2v) is 10.5. The zero-order valence-electron chi connectivity index (χ0n) is 19.8. The van der Waals surface area contributed by atoms with E-state index in [1.807, 2.05) is 31.2 Å². The Morgan fingerprint density at radius 2 is 1.41 bits per heavy atom. The molecule has 0 saturated carbocycles. The zero-order chi connectivity index (χ0) is 26.6. The van der Waals surface area contributed by atoms with Gasteiger partial charge < -0.3 is 9.57 Å². The second kappa shape index (κ2) is 10.9. The van der Waals surface area contributed by atoms with E-state index in [-0.39, 0.29) is 23.8 Å². The van der Waals surface area contributed by atoms with E-state index in [1.54, 1.807) is 12.1 Å². The summed E-state index contributed by atoms with van der Waals surface area (Å²) in [7, 11) is -3.91. The minimum absolute atomic E-state index is 0.130. The maximum Gasteiger partial charge on any atom is 0.573 e. The molecule has 11 heteroatoms. The molecule has 0 bridgehead atoms. The lowest BCUT2D eigenvalue weighted by Crippen LogP contribution is -2.38. The summed E-state index contributed by atoms with van der Waals surface area (Å²) in [4.78, 5) is 5.75. The van der Waals surface area contributed by atoms with Crippen LogP contribution in [0.2, 0.25) is 0 Å². The van der Waals surface area contributed by atoms with Crippen LogP contribution in [0.3, 0.4) is 0 Å². The van der Waals surface area contributed by atoms with Crippen molar-refractivity contribution in [2.24, 2.45) is 5.16 Å². The topological polar surface area (TPSA) is 68.2 Å². The molecule has 4 rings (SSSR count). The number of sulfonamides is 1. The van der Waals surface area contributed by atoms with Crippen molar-refractivity contribution in [2.45, 2.75) is 37.1 Å². The number of piperidine rings is 1. The number of ether oxygens (including phenoxy) is 1. The van der Waals surface area contributed by atoms with Crippen LogP contribution in [0.15, 0.2) is 82.8 Å². The van der Waals surface area contributed by atoms with Crippen molar-refractivity contribution in [2.75, 3.05) is 13.1 Å². The van der Waals surface area contributed by atoms with Crippen molar-refractivity contribution in [1.82, 2.24) is 4.31 Å². The summed E-state index contributed by atoms with van der Waals surface area (Å²) in [5, 5.41) is 4.29. The van der Waals surface area contributed by atoms with E-state index in [2.05, 4.69) is 9.89 Å². The Labute approximate surface area is 212 Å². The van der Waals surface area contributed by atoms with Gasteiger partial charge in [-0.25, -0.2) is 12.8 Å². The van der Waals surface area contributed by atoms with Gasteiger partial charge in [-0.1, -0.05) is 47.1 Å². The largest absolute Gasteiger partial charge is 0.573 e. The molecular formula is C26H24F4N2O4S. The molecule has 1 fully saturated rings. The highest BCUT2D eigenvalue weighted by atomic mass is 32.2. The fourth-order valence-corrected chi connectivity index (χ4v) is 5.30. The molecule has 1 atom stereocenters. The first kappa shape index (κ1) is 26.6. The molecule has 0 spiro atoms. The van der Waals surface area contributed by atoms with E-state index >= 15 is 0 Å². The maximum absolute atomic E-state index is 13.4. The number of hydrogen-bond acceptors (Lipinski definition) is 5. The predicted octanol–water partition coefficient (Wildman–Crippen LogP) is 5.98. The Morgan fingerprint density at radius 3 is 1.95 bits per heavy atom. The number of oxime groups is 1. The smallest absolute Gasteiger partial charge is 0.406 e. The molecule has 1 heterocycles. The molecular weight excluding hydrogens is 512 g/mol. The molecule has 0 aromatic heterocycles. The third-order valence-corrected chi connectivity index (χ3v) is 7.75. The van der Waals surface area contributed by atoms with E-state index in [9.17, 15) is 26.0 Å². The van der Waals surface area contributed by atoms with Crippen LogP contribution in [0, 0.1) is 12.7 Å². The van der Waals surface area contributed by atoms with E-state index in [0.29, 0.717) is 24.1 Å². The van der Waals surface area contributed by atoms with Crippen LogP contribution in [0.4, 0.5) is 17.6 Å². The molecule has 0 N–H and O–H groups in total. The number of hydrogen-bond donors (Lipinski definition) is 0. The second-order valence-electron chi connectivity index (χ2n) is 8.53. The van der Waals surface area contributed by atoms with Gasteiger partial charge in [0.15, 0.2) is 6.10 Å². The van der Waals surface area contributed by atoms with E-state index in [4.69, 9.17) is 4.84 Å². The minimum Gasteiger partial charge on any atom is -0.406 e. The summed E-state index contributed by atoms with van der Waals surface area (Å²) in [5.74, 6) is -0.866. The van der Waals surface area contributed by atoms with Crippen LogP contribution in [-0.2, 0) is 14.9 Å². The van der Waals surface area contributed by atoms with E-state index < -0.39 is 28.2 Å². The lowest BCUT2D eigenvalue weighted by molar-refractivity contribution is -0.274. The van der Waals surface area contributed by atoms with Crippen molar-refractivity contribution in [3.63, 3.8) is 0 Å². The molecule has 1 saturated heterocycles. The average Bonchev–Trinajstić information content (AvgIpc) is 2.86. The summed E-state index contributed by atoms with van der Waals surface area (Å²) >= 11 is 0. The van der Waals surface area contributed by atoms with E-state index in [1.165, 1.54) is 16.4 Å². The van der Waals surface area contributed by atoms with Gasteiger partial charge in [0.2, 0.25) is 10.0 Å². The number of aryl methyl sites for hydroxylation is 1. The van der Waals surface area contributed by atoms with Gasteiger partial charge in [-0.3, -0.25) is 0 Å². The van der Waals surface area contributed by atoms with E-state index in [0.717, 1.165) is 35.4 Å². The fraction of sp³-hybridized carbons (Fsp3) is 0.269. The first-order valence-electron chi connectivity index (χ1n) is 11.4. The van der Waals surface area contributed by atoms with Crippen molar-refractivity contribution >= 4 is 15.7 Å². The van der Waals surface area contributed by atoms with Gasteiger partial charge in [-0.15, -0.1) is 13.2 Å². The van der Waals surface area contributed by atoms with Crippen LogP contribution in [0.1, 0.15) is 35.6 Å². The van der Waals surface area contributed by atoms with Gasteiger partial charge in [-0.2, -0.15) is 4.31 Å². The number of benzene rings is 3. The van der Waals surface area contributed by atoms with Gasteiger partial charge in [-0.05, 0) is 54.4 Å². The summed E-state index contributed by atoms with van der Waals surface area (Å²) in [6.45, 7) is 2.23. The molecule has 3 aromatic rings. The highest BCUT2D eigenvalue weighted by Gasteiger charge is 2.32. The molecule has 3 aromatic carbocycles. The SMILES string of the molecule is Cc1ccc(C(ON=C2CCN(S(=O)(=O)c3ccc(OC(F)(F)F)cc3)CC2)c2ccc(F)cc2)cc1. The molecule has 0 radical (unpaired) electrons. The first-order chi connectivity index (χ1) is 17.5. The summed E-state index contributed by atoms with van der Waals surface area (Å²) in [5.41, 5.74) is 3.29. The number of alkyl halides is 3. The summed E-state index contributed by atoms with van der Waals surface area (Å²) in [6.07, 6.45) is -4.80. The molecule has 6 nitrogen and oxygen atoms in total. The van der Waals surface area contributed by atoms with Crippen molar-refractivity contribution < 1.29 is 35.6 Å². The standard InChI is InChI=1S/C26H24F4N2O4S/c1-18-2-4-19(5-3-18)25(20-6-8-21(27)9-7-20)36-31-22-14-16-32(17-15-22)37(33,34)24-12-10-23(11-13-24)35-26(28,29)30/h2-13,25H,14-17H2,1H3. The highest BCUT2D eigenvalue weighted by Crippen LogP contribution is 2.29. The summed E-state index contributed by atoms with van der Waals surface area (Å²) in [6, 6.07) is 17.7. The minimum atomic E-state index is -4.86. The van der Waals surface area contributed by atoms with Gasteiger partial charge in [0.25, 0.3) is 0 Å². The maximum atomic E-state index is 13.4. The van der Waals surface area contributed by atoms with Crippen LogP contribution >= 0.6 is 0 Å². The quantitative estimate of drug-likeness (QED) is 0.275. The average molecular weight is 537 g/mol. The third kappa shape index (κ3) is 6.86.